The Morgan fingerprint density at radius 2 is 0.605 bits per heavy atom. The molecule has 6 aromatic rings. The van der Waals surface area contributed by atoms with Gasteiger partial charge in [-0.05, 0) is 94.0 Å². The topological polar surface area (TPSA) is 84.2 Å². The number of phenolic OH excluding ortho intramolecular Hbond substituents is 4. The van der Waals surface area contributed by atoms with E-state index in [-0.39, 0.29) is 23.0 Å². The zero-order chi connectivity index (χ0) is 29.6. The van der Waals surface area contributed by atoms with Gasteiger partial charge in [-0.15, -0.1) is 0 Å². The summed E-state index contributed by atoms with van der Waals surface area (Å²) in [6, 6.07) is 47.6. The van der Waals surface area contributed by atoms with E-state index in [1.807, 2.05) is 78.9 Å². The van der Waals surface area contributed by atoms with E-state index >= 15 is 0 Å². The molecular formula is C38H29NO4. The number of benzene rings is 6. The molecule has 0 saturated heterocycles. The summed E-state index contributed by atoms with van der Waals surface area (Å²) in [7, 11) is 0. The highest BCUT2D eigenvalue weighted by molar-refractivity contribution is 5.78. The van der Waals surface area contributed by atoms with E-state index in [9.17, 15) is 20.4 Å². The number of para-hydroxylation sites is 1. The number of phenols is 4. The van der Waals surface area contributed by atoms with Crippen LogP contribution in [0.4, 0.5) is 5.69 Å². The van der Waals surface area contributed by atoms with Crippen molar-refractivity contribution < 1.29 is 20.4 Å². The molecule has 0 atom stereocenters. The van der Waals surface area contributed by atoms with Crippen LogP contribution in [0, 0.1) is 0 Å². The van der Waals surface area contributed by atoms with E-state index in [4.69, 9.17) is 0 Å². The molecule has 0 unspecified atom stereocenters. The van der Waals surface area contributed by atoms with Gasteiger partial charge in [-0.25, -0.2) is 0 Å². The van der Waals surface area contributed by atoms with Crippen molar-refractivity contribution in [3.05, 3.63) is 185 Å². The molecule has 0 aliphatic carbocycles. The fraction of sp³-hybridized carbons (Fsp3) is 0.0526. The molecule has 0 bridgehead atoms. The van der Waals surface area contributed by atoms with Gasteiger partial charge in [0, 0.05) is 5.69 Å². The molecule has 0 amide bonds. The summed E-state index contributed by atoms with van der Waals surface area (Å²) < 4.78 is 0. The van der Waals surface area contributed by atoms with Crippen LogP contribution in [0.15, 0.2) is 152 Å². The van der Waals surface area contributed by atoms with Gasteiger partial charge < -0.3 is 25.3 Å². The SMILES string of the molecule is Oc1ccc(C2(c3ccc(O)cc3)c3ccccc3C(c3ccc(O)cc3)(c3ccc(O)cc3)N2c2ccccc2)cc1. The lowest BCUT2D eigenvalue weighted by molar-refractivity contribution is 0.466. The van der Waals surface area contributed by atoms with Crippen molar-refractivity contribution >= 4 is 5.69 Å². The van der Waals surface area contributed by atoms with E-state index in [1.165, 1.54) is 0 Å². The van der Waals surface area contributed by atoms with Crippen LogP contribution in [0.5, 0.6) is 23.0 Å². The summed E-state index contributed by atoms with van der Waals surface area (Å²) in [5, 5.41) is 41.5. The van der Waals surface area contributed by atoms with Crippen molar-refractivity contribution in [3.63, 3.8) is 0 Å². The number of hydrogen-bond acceptors (Lipinski definition) is 5. The molecule has 7 rings (SSSR count). The minimum Gasteiger partial charge on any atom is -0.508 e. The van der Waals surface area contributed by atoms with Gasteiger partial charge in [0.2, 0.25) is 0 Å². The van der Waals surface area contributed by atoms with Crippen LogP contribution < -0.4 is 4.90 Å². The molecule has 4 N–H and O–H groups in total. The number of nitrogens with zero attached hydrogens (tertiary/aromatic N) is 1. The Hall–Kier alpha value is -5.68. The molecule has 5 nitrogen and oxygen atoms in total. The lowest BCUT2D eigenvalue weighted by atomic mass is 9.76. The Bertz CT molecular complexity index is 1670. The summed E-state index contributed by atoms with van der Waals surface area (Å²) in [5.41, 5.74) is 4.65. The van der Waals surface area contributed by atoms with E-state index in [0.717, 1.165) is 39.1 Å². The zero-order valence-electron chi connectivity index (χ0n) is 23.2. The Morgan fingerprint density at radius 3 is 0.907 bits per heavy atom. The highest BCUT2D eigenvalue weighted by Gasteiger charge is 2.61. The monoisotopic (exact) mass is 563 g/mol. The van der Waals surface area contributed by atoms with Crippen molar-refractivity contribution in [2.45, 2.75) is 11.1 Å². The minimum atomic E-state index is -0.963. The third-order valence-corrected chi connectivity index (χ3v) is 8.53. The highest BCUT2D eigenvalue weighted by atomic mass is 16.3. The van der Waals surface area contributed by atoms with Gasteiger partial charge in [-0.1, -0.05) is 91.0 Å². The van der Waals surface area contributed by atoms with Gasteiger partial charge in [0.25, 0.3) is 0 Å². The summed E-state index contributed by atoms with van der Waals surface area (Å²) in [4.78, 5) is 2.39. The molecule has 1 aliphatic rings. The summed E-state index contributed by atoms with van der Waals surface area (Å²) >= 11 is 0. The average molecular weight is 564 g/mol. The first-order chi connectivity index (χ1) is 21.0. The molecule has 6 aromatic carbocycles. The van der Waals surface area contributed by atoms with Crippen molar-refractivity contribution in [3.8, 4) is 23.0 Å². The summed E-state index contributed by atoms with van der Waals surface area (Å²) in [5.74, 6) is 0.631. The zero-order valence-corrected chi connectivity index (χ0v) is 23.2. The van der Waals surface area contributed by atoms with Crippen molar-refractivity contribution in [2.75, 3.05) is 4.90 Å². The second-order valence-electron chi connectivity index (χ2n) is 10.8. The predicted molar refractivity (Wildman–Crippen MR) is 168 cm³/mol. The van der Waals surface area contributed by atoms with Crippen LogP contribution in [0.1, 0.15) is 33.4 Å². The molecule has 0 radical (unpaired) electrons. The van der Waals surface area contributed by atoms with Gasteiger partial charge in [-0.3, -0.25) is 0 Å². The molecule has 0 spiro atoms. The number of rotatable bonds is 5. The first kappa shape index (κ1) is 26.2. The van der Waals surface area contributed by atoms with Crippen LogP contribution >= 0.6 is 0 Å². The van der Waals surface area contributed by atoms with Gasteiger partial charge in [-0.2, -0.15) is 0 Å². The molecule has 5 heteroatoms. The standard InChI is InChI=1S/C38H29NO4/c40-31-18-10-26(11-19-31)37(27-12-20-32(41)21-13-27)35-8-4-5-9-36(35)38(28-14-22-33(42)23-15-28,29-16-24-34(43)25-17-29)39(37)30-6-2-1-3-7-30/h1-25,40-43H. The molecule has 43 heavy (non-hydrogen) atoms. The van der Waals surface area contributed by atoms with Crippen LogP contribution in [-0.2, 0) is 11.1 Å². The largest absolute Gasteiger partial charge is 0.508 e. The smallest absolute Gasteiger partial charge is 0.118 e. The Kier molecular flexibility index (Phi) is 6.10. The second-order valence-corrected chi connectivity index (χ2v) is 10.8. The van der Waals surface area contributed by atoms with Crippen molar-refractivity contribution in [1.29, 1.82) is 0 Å². The fourth-order valence-electron chi connectivity index (χ4n) is 6.85. The first-order valence-corrected chi connectivity index (χ1v) is 14.1. The van der Waals surface area contributed by atoms with Crippen LogP contribution in [0.2, 0.25) is 0 Å². The molecule has 1 heterocycles. The van der Waals surface area contributed by atoms with Gasteiger partial charge in [0.1, 0.15) is 34.1 Å². The van der Waals surface area contributed by atoms with E-state index in [1.54, 1.807) is 48.5 Å². The number of fused-ring (bicyclic) bond motifs is 1. The maximum Gasteiger partial charge on any atom is 0.118 e. The maximum atomic E-state index is 10.4. The molecule has 0 aromatic heterocycles. The molecular weight excluding hydrogens is 534 g/mol. The Balaban J connectivity index is 1.73. The lowest BCUT2D eigenvalue weighted by Gasteiger charge is -2.50. The minimum absolute atomic E-state index is 0.158. The third-order valence-electron chi connectivity index (χ3n) is 8.53. The normalized spacial score (nSPS) is 14.7. The summed E-state index contributed by atoms with van der Waals surface area (Å²) in [6.45, 7) is 0. The van der Waals surface area contributed by atoms with Crippen molar-refractivity contribution in [2.24, 2.45) is 0 Å². The van der Waals surface area contributed by atoms with E-state index < -0.39 is 11.1 Å². The third kappa shape index (κ3) is 3.86. The molecule has 0 fully saturated rings. The van der Waals surface area contributed by atoms with E-state index in [2.05, 4.69) is 29.2 Å². The first-order valence-electron chi connectivity index (χ1n) is 14.1. The van der Waals surface area contributed by atoms with Gasteiger partial charge in [0.05, 0.1) is 0 Å². The summed E-state index contributed by atoms with van der Waals surface area (Å²) in [6.07, 6.45) is 0. The number of aromatic hydroxyl groups is 4. The molecule has 0 saturated carbocycles. The van der Waals surface area contributed by atoms with Crippen LogP contribution in [0.3, 0.4) is 0 Å². The van der Waals surface area contributed by atoms with Crippen LogP contribution in [0.25, 0.3) is 0 Å². The van der Waals surface area contributed by atoms with Gasteiger partial charge in [0.15, 0.2) is 0 Å². The molecule has 1 aliphatic heterocycles. The van der Waals surface area contributed by atoms with Crippen molar-refractivity contribution in [1.82, 2.24) is 0 Å². The number of hydrogen-bond donors (Lipinski definition) is 4. The maximum absolute atomic E-state index is 10.4. The average Bonchev–Trinajstić information content (AvgIpc) is 3.32. The Morgan fingerprint density at radius 1 is 0.326 bits per heavy atom. The highest BCUT2D eigenvalue weighted by Crippen LogP contribution is 2.62. The fourth-order valence-corrected chi connectivity index (χ4v) is 6.85. The van der Waals surface area contributed by atoms with Crippen LogP contribution in [-0.4, -0.2) is 20.4 Å². The predicted octanol–water partition coefficient (Wildman–Crippen LogP) is 7.61. The van der Waals surface area contributed by atoms with E-state index in [0.29, 0.717) is 0 Å². The Labute approximate surface area is 249 Å². The van der Waals surface area contributed by atoms with Gasteiger partial charge >= 0.3 is 0 Å². The lowest BCUT2D eigenvalue weighted by Crippen LogP contribution is -2.54. The molecule has 210 valence electrons. The second kappa shape index (κ2) is 10.00. The number of anilines is 1. The quantitative estimate of drug-likeness (QED) is 0.174.